The van der Waals surface area contributed by atoms with Gasteiger partial charge in [-0.1, -0.05) is 41.9 Å². The molecule has 3 atom stereocenters. The molecule has 0 bridgehead atoms. The van der Waals surface area contributed by atoms with Crippen molar-refractivity contribution >= 4 is 36.8 Å². The minimum absolute atomic E-state index is 0.0315. The van der Waals surface area contributed by atoms with Gasteiger partial charge in [0.15, 0.2) is 5.82 Å². The fourth-order valence-corrected chi connectivity index (χ4v) is 3.75. The highest BCUT2D eigenvalue weighted by Gasteiger charge is 2.42. The van der Waals surface area contributed by atoms with Gasteiger partial charge in [0.05, 0.1) is 19.5 Å². The van der Waals surface area contributed by atoms with Crippen molar-refractivity contribution in [2.75, 3.05) is 5.32 Å². The number of ketones is 1. The maximum absolute atomic E-state index is 14.9. The van der Waals surface area contributed by atoms with Crippen molar-refractivity contribution in [1.29, 1.82) is 0 Å². The summed E-state index contributed by atoms with van der Waals surface area (Å²) in [4.78, 5) is 24.5. The van der Waals surface area contributed by atoms with Gasteiger partial charge in [-0.2, -0.15) is 0 Å². The summed E-state index contributed by atoms with van der Waals surface area (Å²) in [6, 6.07) is 11.3. The number of carbonyl (C=O) groups is 2. The Labute approximate surface area is 162 Å². The summed E-state index contributed by atoms with van der Waals surface area (Å²) in [6.45, 7) is 0. The molecule has 1 amide bonds. The lowest BCUT2D eigenvalue weighted by Gasteiger charge is -2.18. The summed E-state index contributed by atoms with van der Waals surface area (Å²) in [7, 11) is 5.36. The summed E-state index contributed by atoms with van der Waals surface area (Å²) in [5.41, 5.74) is 0.690. The molecule has 1 fully saturated rings. The molecule has 1 N–H and O–H groups in total. The third kappa shape index (κ3) is 4.06. The molecule has 27 heavy (non-hydrogen) atoms. The molecule has 1 saturated carbocycles. The first-order valence-electron chi connectivity index (χ1n) is 8.63. The zero-order chi connectivity index (χ0) is 19.6. The highest BCUT2D eigenvalue weighted by molar-refractivity contribution is 6.33. The van der Waals surface area contributed by atoms with Crippen LogP contribution in [-0.4, -0.2) is 25.7 Å². The molecular formula is C20H17BClF2NO2. The number of Topliss-reactive ketones (excluding diaryl/α,β-unsaturated/α-hetero) is 1. The van der Waals surface area contributed by atoms with Crippen molar-refractivity contribution in [2.24, 2.45) is 11.8 Å². The van der Waals surface area contributed by atoms with Gasteiger partial charge in [0, 0.05) is 22.1 Å². The number of anilines is 1. The molecular weight excluding hydrogens is 370 g/mol. The Kier molecular flexibility index (Phi) is 5.95. The number of nitrogens with one attached hydrogen (secondary N) is 1. The second-order valence-corrected chi connectivity index (χ2v) is 7.00. The number of carbonyl (C=O) groups excluding carboxylic acids is 2. The molecule has 1 aliphatic carbocycles. The first-order chi connectivity index (χ1) is 12.9. The maximum Gasteiger partial charge on any atom is 0.228 e. The van der Waals surface area contributed by atoms with E-state index in [-0.39, 0.29) is 36.2 Å². The van der Waals surface area contributed by atoms with Crippen LogP contribution in [0.1, 0.15) is 12.8 Å². The second-order valence-electron chi connectivity index (χ2n) is 6.59. The second kappa shape index (κ2) is 8.22. The summed E-state index contributed by atoms with van der Waals surface area (Å²) in [5.74, 6) is -3.23. The van der Waals surface area contributed by atoms with Crippen molar-refractivity contribution in [3.05, 3.63) is 53.3 Å². The zero-order valence-corrected chi connectivity index (χ0v) is 15.2. The predicted octanol–water partition coefficient (Wildman–Crippen LogP) is 4.60. The Morgan fingerprint density at radius 3 is 2.44 bits per heavy atom. The summed E-state index contributed by atoms with van der Waals surface area (Å²) in [6.07, 6.45) is -1.61. The van der Waals surface area contributed by atoms with Crippen molar-refractivity contribution in [2.45, 2.75) is 25.3 Å². The number of benzene rings is 2. The average molecular weight is 388 g/mol. The minimum atomic E-state index is -1.25. The van der Waals surface area contributed by atoms with Crippen LogP contribution in [0.25, 0.3) is 11.1 Å². The standard InChI is InChI=1S/C20H17BClF2NO2/c21-10-18(26)14-8-11(23)9-15(14)20(27)25-17-7-3-5-13(19(17)24)12-4-1-2-6-16(12)22/h1-7,11,14-15H,8-10H2,(H,25,27)/t11-,14+,15?/m0/s1. The molecule has 7 heteroatoms. The van der Waals surface area contributed by atoms with Gasteiger partial charge in [-0.15, -0.1) is 0 Å². The third-order valence-electron chi connectivity index (χ3n) is 4.88. The van der Waals surface area contributed by atoms with E-state index in [9.17, 15) is 18.4 Å². The van der Waals surface area contributed by atoms with Crippen LogP contribution in [0.5, 0.6) is 0 Å². The van der Waals surface area contributed by atoms with E-state index in [2.05, 4.69) is 5.32 Å². The van der Waals surface area contributed by atoms with Crippen LogP contribution in [0, 0.1) is 17.7 Å². The third-order valence-corrected chi connectivity index (χ3v) is 5.21. The molecule has 138 valence electrons. The maximum atomic E-state index is 14.9. The van der Waals surface area contributed by atoms with Crippen LogP contribution >= 0.6 is 11.6 Å². The Bertz CT molecular complexity index is 877. The van der Waals surface area contributed by atoms with Gasteiger partial charge in [0.2, 0.25) is 5.91 Å². The lowest BCUT2D eigenvalue weighted by Crippen LogP contribution is -2.30. The summed E-state index contributed by atoms with van der Waals surface area (Å²) in [5, 5.41) is 2.87. The normalized spacial score (nSPS) is 21.8. The van der Waals surface area contributed by atoms with Crippen molar-refractivity contribution in [3.8, 4) is 11.1 Å². The molecule has 2 aromatic carbocycles. The fourth-order valence-electron chi connectivity index (χ4n) is 3.51. The average Bonchev–Trinajstić information content (AvgIpc) is 3.05. The van der Waals surface area contributed by atoms with Crippen LogP contribution in [0.15, 0.2) is 42.5 Å². The molecule has 2 aromatic rings. The van der Waals surface area contributed by atoms with Gasteiger partial charge in [0.25, 0.3) is 0 Å². The smallest absolute Gasteiger partial charge is 0.228 e. The number of alkyl halides is 1. The Morgan fingerprint density at radius 1 is 1.07 bits per heavy atom. The van der Waals surface area contributed by atoms with E-state index >= 15 is 0 Å². The van der Waals surface area contributed by atoms with Gasteiger partial charge < -0.3 is 10.1 Å². The number of hydrogen-bond acceptors (Lipinski definition) is 2. The Morgan fingerprint density at radius 2 is 1.74 bits per heavy atom. The van der Waals surface area contributed by atoms with Crippen LogP contribution in [-0.2, 0) is 9.59 Å². The monoisotopic (exact) mass is 387 g/mol. The van der Waals surface area contributed by atoms with E-state index in [1.165, 1.54) is 6.07 Å². The van der Waals surface area contributed by atoms with Crippen LogP contribution in [0.2, 0.25) is 11.3 Å². The largest absolute Gasteiger partial charge is 0.323 e. The lowest BCUT2D eigenvalue weighted by atomic mass is 9.84. The van der Waals surface area contributed by atoms with Crippen LogP contribution in [0.4, 0.5) is 14.5 Å². The van der Waals surface area contributed by atoms with E-state index in [1.54, 1.807) is 36.4 Å². The first-order valence-corrected chi connectivity index (χ1v) is 9.01. The molecule has 0 saturated heterocycles. The molecule has 1 unspecified atom stereocenters. The first kappa shape index (κ1) is 19.6. The number of rotatable bonds is 5. The molecule has 0 spiro atoms. The van der Waals surface area contributed by atoms with E-state index < -0.39 is 29.7 Å². The van der Waals surface area contributed by atoms with Gasteiger partial charge in [-0.3, -0.25) is 4.79 Å². The zero-order valence-electron chi connectivity index (χ0n) is 14.4. The van der Waals surface area contributed by atoms with Crippen molar-refractivity contribution in [3.63, 3.8) is 0 Å². The van der Waals surface area contributed by atoms with Crippen molar-refractivity contribution in [1.82, 2.24) is 0 Å². The van der Waals surface area contributed by atoms with Crippen LogP contribution in [0.3, 0.4) is 0 Å². The molecule has 0 aromatic heterocycles. The highest BCUT2D eigenvalue weighted by atomic mass is 35.5. The van der Waals surface area contributed by atoms with E-state index in [0.717, 1.165) is 0 Å². The van der Waals surface area contributed by atoms with Crippen LogP contribution < -0.4 is 5.32 Å². The van der Waals surface area contributed by atoms with Gasteiger partial charge in [-0.05, 0) is 31.3 Å². The Hall–Kier alpha value is -2.21. The fraction of sp³-hybridized carbons (Fsp3) is 0.300. The lowest BCUT2D eigenvalue weighted by molar-refractivity contribution is -0.128. The van der Waals surface area contributed by atoms with Gasteiger partial charge in [0.1, 0.15) is 12.0 Å². The number of halogens is 3. The molecule has 0 aliphatic heterocycles. The molecule has 2 radical (unpaired) electrons. The molecule has 3 nitrogen and oxygen atoms in total. The Balaban J connectivity index is 1.86. The van der Waals surface area contributed by atoms with Gasteiger partial charge >= 0.3 is 0 Å². The number of amides is 1. The van der Waals surface area contributed by atoms with E-state index in [0.29, 0.717) is 10.6 Å². The summed E-state index contributed by atoms with van der Waals surface area (Å²) < 4.78 is 28.7. The van der Waals surface area contributed by atoms with E-state index in [4.69, 9.17) is 19.4 Å². The predicted molar refractivity (Wildman–Crippen MR) is 102 cm³/mol. The SMILES string of the molecule is [B]CC(=O)[C@@H]1C[C@H](F)CC1C(=O)Nc1cccc(-c2ccccc2Cl)c1F. The number of hydrogen-bond donors (Lipinski definition) is 1. The van der Waals surface area contributed by atoms with Gasteiger partial charge in [-0.25, -0.2) is 8.78 Å². The highest BCUT2D eigenvalue weighted by Crippen LogP contribution is 2.37. The summed E-state index contributed by atoms with van der Waals surface area (Å²) >= 11 is 6.13. The quantitative estimate of drug-likeness (QED) is 0.762. The molecule has 3 rings (SSSR count). The topological polar surface area (TPSA) is 46.2 Å². The molecule has 0 heterocycles. The van der Waals surface area contributed by atoms with E-state index in [1.807, 2.05) is 0 Å². The molecule has 1 aliphatic rings. The minimum Gasteiger partial charge on any atom is -0.323 e. The van der Waals surface area contributed by atoms with Crippen molar-refractivity contribution < 1.29 is 18.4 Å².